The Morgan fingerprint density at radius 3 is 2.41 bits per heavy atom. The first kappa shape index (κ1) is 24.1. The molecule has 0 saturated carbocycles. The summed E-state index contributed by atoms with van der Waals surface area (Å²) in [5.41, 5.74) is 1.15. The minimum atomic E-state index is -3.93. The third-order valence-electron chi connectivity index (χ3n) is 5.29. The Labute approximate surface area is 190 Å². The molecule has 1 aromatic heterocycles. The molecule has 0 unspecified atom stereocenters. The molecule has 0 aliphatic carbocycles. The fourth-order valence-electron chi connectivity index (χ4n) is 3.69. The number of hydrogen-bond acceptors (Lipinski definition) is 7. The van der Waals surface area contributed by atoms with Crippen LogP contribution in [0.1, 0.15) is 43.0 Å². The summed E-state index contributed by atoms with van der Waals surface area (Å²) in [7, 11) is -2.64. The van der Waals surface area contributed by atoms with Crippen molar-refractivity contribution in [1.82, 2.24) is 9.47 Å². The molecule has 32 heavy (non-hydrogen) atoms. The molecule has 1 aromatic carbocycles. The number of aromatic nitrogens is 1. The molecule has 0 atom stereocenters. The Morgan fingerprint density at radius 2 is 1.78 bits per heavy atom. The van der Waals surface area contributed by atoms with Crippen LogP contribution in [0.2, 0.25) is 0 Å². The summed E-state index contributed by atoms with van der Waals surface area (Å²) >= 11 is 1.18. The van der Waals surface area contributed by atoms with Crippen molar-refractivity contribution in [3.8, 4) is 0 Å². The molecule has 1 aliphatic rings. The van der Waals surface area contributed by atoms with E-state index in [1.165, 1.54) is 18.4 Å². The number of hydrogen-bond donors (Lipinski definition) is 0. The number of sulfone groups is 1. The summed E-state index contributed by atoms with van der Waals surface area (Å²) < 4.78 is 32.2. The van der Waals surface area contributed by atoms with Crippen LogP contribution in [0.5, 0.6) is 0 Å². The van der Waals surface area contributed by atoms with E-state index in [1.54, 1.807) is 27.7 Å². The highest BCUT2D eigenvalue weighted by molar-refractivity contribution is 7.92. The van der Waals surface area contributed by atoms with Gasteiger partial charge in [-0.25, -0.2) is 13.2 Å². The van der Waals surface area contributed by atoms with Crippen LogP contribution in [0.25, 0.3) is 10.2 Å². The molecule has 0 spiro atoms. The van der Waals surface area contributed by atoms with Crippen LogP contribution in [-0.2, 0) is 30.7 Å². The van der Waals surface area contributed by atoms with Crippen molar-refractivity contribution in [2.75, 3.05) is 31.7 Å². The van der Waals surface area contributed by atoms with Gasteiger partial charge in [0.15, 0.2) is 14.6 Å². The van der Waals surface area contributed by atoms with E-state index in [1.807, 2.05) is 6.92 Å². The maximum atomic E-state index is 12.5. The standard InChI is InChI=1S/C21H27N3O6S2/c1-3-24-16-9-8-15(20(27)30-2)12-17(16)31-21(24)22-18(25)13-32(28,29)14-19(26)23-10-6-4-5-7-11-23/h8-9,12H,3-7,10-11,13-14H2,1-2H3. The van der Waals surface area contributed by atoms with Gasteiger partial charge >= 0.3 is 5.97 Å². The fraction of sp³-hybridized carbons (Fsp3) is 0.524. The van der Waals surface area contributed by atoms with Crippen molar-refractivity contribution in [2.24, 2.45) is 4.99 Å². The second-order valence-corrected chi connectivity index (χ2v) is 10.7. The minimum absolute atomic E-state index is 0.337. The number of fused-ring (bicyclic) bond motifs is 1. The van der Waals surface area contributed by atoms with Crippen molar-refractivity contribution in [1.29, 1.82) is 0 Å². The summed E-state index contributed by atoms with van der Waals surface area (Å²) in [5, 5.41) is 0. The smallest absolute Gasteiger partial charge is 0.337 e. The third kappa shape index (κ3) is 5.83. The van der Waals surface area contributed by atoms with Gasteiger partial charge in [0.05, 0.1) is 22.9 Å². The van der Waals surface area contributed by atoms with Gasteiger partial charge in [-0.1, -0.05) is 24.2 Å². The van der Waals surface area contributed by atoms with Gasteiger partial charge in [-0.3, -0.25) is 9.59 Å². The molecule has 0 bridgehead atoms. The lowest BCUT2D eigenvalue weighted by Gasteiger charge is -2.19. The molecule has 3 rings (SSSR count). The first-order valence-electron chi connectivity index (χ1n) is 10.5. The molecule has 1 fully saturated rings. The number of amides is 2. The third-order valence-corrected chi connectivity index (χ3v) is 7.70. The van der Waals surface area contributed by atoms with Gasteiger partial charge in [-0.05, 0) is 38.0 Å². The summed E-state index contributed by atoms with van der Waals surface area (Å²) in [6.07, 6.45) is 3.78. The molecule has 0 radical (unpaired) electrons. The maximum absolute atomic E-state index is 12.5. The van der Waals surface area contributed by atoms with E-state index < -0.39 is 39.1 Å². The summed E-state index contributed by atoms with van der Waals surface area (Å²) in [5.74, 6) is -3.26. The van der Waals surface area contributed by atoms with Crippen LogP contribution in [0.15, 0.2) is 23.2 Å². The molecule has 9 nitrogen and oxygen atoms in total. The van der Waals surface area contributed by atoms with Crippen LogP contribution in [-0.4, -0.2) is 67.4 Å². The largest absolute Gasteiger partial charge is 0.465 e. The van der Waals surface area contributed by atoms with Crippen molar-refractivity contribution in [3.05, 3.63) is 28.6 Å². The molecular weight excluding hydrogens is 454 g/mol. The number of thiazole rings is 1. The molecule has 1 saturated heterocycles. The van der Waals surface area contributed by atoms with E-state index in [0.29, 0.717) is 30.0 Å². The average molecular weight is 482 g/mol. The molecule has 11 heteroatoms. The number of esters is 1. The quantitative estimate of drug-likeness (QED) is 0.581. The first-order chi connectivity index (χ1) is 15.2. The zero-order valence-corrected chi connectivity index (χ0v) is 19.8. The number of nitrogens with zero attached hydrogens (tertiary/aromatic N) is 3. The monoisotopic (exact) mass is 481 g/mol. The lowest BCUT2D eigenvalue weighted by Crippen LogP contribution is -2.37. The molecule has 2 heterocycles. The van der Waals surface area contributed by atoms with Gasteiger partial charge in [0.25, 0.3) is 5.91 Å². The molecule has 2 aromatic rings. The lowest BCUT2D eigenvalue weighted by atomic mass is 10.2. The maximum Gasteiger partial charge on any atom is 0.337 e. The number of carbonyl (C=O) groups excluding carboxylic acids is 3. The Bertz CT molecular complexity index is 1190. The number of benzene rings is 1. The summed E-state index contributed by atoms with van der Waals surface area (Å²) in [4.78, 5) is 42.5. The first-order valence-corrected chi connectivity index (χ1v) is 13.2. The lowest BCUT2D eigenvalue weighted by molar-refractivity contribution is -0.128. The minimum Gasteiger partial charge on any atom is -0.465 e. The molecule has 1 aliphatic heterocycles. The number of carbonyl (C=O) groups is 3. The van der Waals surface area contributed by atoms with Crippen LogP contribution < -0.4 is 4.80 Å². The summed E-state index contributed by atoms with van der Waals surface area (Å²) in [6.45, 7) is 3.49. The number of methoxy groups -OCH3 is 1. The van der Waals surface area contributed by atoms with Crippen molar-refractivity contribution < 1.29 is 27.5 Å². The number of rotatable bonds is 6. The second kappa shape index (κ2) is 10.4. The van der Waals surface area contributed by atoms with Gasteiger partial charge in [0.1, 0.15) is 11.5 Å². The number of aryl methyl sites for hydroxylation is 1. The van der Waals surface area contributed by atoms with Gasteiger partial charge < -0.3 is 14.2 Å². The van der Waals surface area contributed by atoms with Crippen LogP contribution >= 0.6 is 11.3 Å². The zero-order chi connectivity index (χ0) is 23.3. The van der Waals surface area contributed by atoms with Gasteiger partial charge in [0.2, 0.25) is 5.91 Å². The van der Waals surface area contributed by atoms with Crippen LogP contribution in [0.4, 0.5) is 0 Å². The fourth-order valence-corrected chi connectivity index (χ4v) is 5.94. The van der Waals surface area contributed by atoms with Crippen molar-refractivity contribution in [2.45, 2.75) is 39.2 Å². The van der Waals surface area contributed by atoms with Gasteiger partial charge in [-0.2, -0.15) is 4.99 Å². The van der Waals surface area contributed by atoms with Crippen LogP contribution in [0.3, 0.4) is 0 Å². The topological polar surface area (TPSA) is 115 Å². The normalized spacial score (nSPS) is 15.6. The Balaban J connectivity index is 1.79. The second-order valence-electron chi connectivity index (χ2n) is 7.64. The molecule has 2 amide bonds. The van der Waals surface area contributed by atoms with Gasteiger partial charge in [0, 0.05) is 19.6 Å². The Morgan fingerprint density at radius 1 is 1.09 bits per heavy atom. The highest BCUT2D eigenvalue weighted by Crippen LogP contribution is 2.20. The van der Waals surface area contributed by atoms with Crippen molar-refractivity contribution >= 4 is 49.2 Å². The van der Waals surface area contributed by atoms with E-state index >= 15 is 0 Å². The Kier molecular flexibility index (Phi) is 7.83. The predicted octanol–water partition coefficient (Wildman–Crippen LogP) is 1.75. The van der Waals surface area contributed by atoms with E-state index in [4.69, 9.17) is 4.74 Å². The SMILES string of the molecule is CCn1c(=NC(=O)CS(=O)(=O)CC(=O)N2CCCCCC2)sc2cc(C(=O)OC)ccc21. The molecular formula is C21H27N3O6S2. The van der Waals surface area contributed by atoms with E-state index in [9.17, 15) is 22.8 Å². The van der Waals surface area contributed by atoms with Crippen LogP contribution in [0, 0.1) is 0 Å². The zero-order valence-electron chi connectivity index (χ0n) is 18.2. The van der Waals surface area contributed by atoms with E-state index in [0.717, 1.165) is 35.9 Å². The Hall–Kier alpha value is -2.53. The van der Waals surface area contributed by atoms with E-state index in [-0.39, 0.29) is 0 Å². The summed E-state index contributed by atoms with van der Waals surface area (Å²) in [6, 6.07) is 5.01. The molecule has 0 N–H and O–H groups in total. The van der Waals surface area contributed by atoms with E-state index in [2.05, 4.69) is 4.99 Å². The molecule has 174 valence electrons. The number of ether oxygens (including phenoxy) is 1. The van der Waals surface area contributed by atoms with Gasteiger partial charge in [-0.15, -0.1) is 0 Å². The predicted molar refractivity (Wildman–Crippen MR) is 121 cm³/mol. The highest BCUT2D eigenvalue weighted by Gasteiger charge is 2.25. The van der Waals surface area contributed by atoms with Crippen molar-refractivity contribution in [3.63, 3.8) is 0 Å². The average Bonchev–Trinajstić information content (AvgIpc) is 2.90. The highest BCUT2D eigenvalue weighted by atomic mass is 32.2. The number of likely N-dealkylation sites (tertiary alicyclic amines) is 1.